The first-order valence-electron chi connectivity index (χ1n) is 6.88. The predicted octanol–water partition coefficient (Wildman–Crippen LogP) is 2.12. The fraction of sp³-hybridized carbons (Fsp3) is 0.600. The molecule has 0 bridgehead atoms. The molecule has 0 heterocycles. The van der Waals surface area contributed by atoms with E-state index in [1.54, 1.807) is 13.0 Å². The Morgan fingerprint density at radius 1 is 1.35 bits per heavy atom. The average Bonchev–Trinajstić information content (AvgIpc) is 2.98. The third-order valence-electron chi connectivity index (χ3n) is 4.39. The first kappa shape index (κ1) is 15.5. The van der Waals surface area contributed by atoms with E-state index in [4.69, 9.17) is 0 Å². The Bertz CT molecular complexity index is 620. The van der Waals surface area contributed by atoms with Crippen LogP contribution in [-0.4, -0.2) is 20.1 Å². The Hall–Kier alpha value is -0.910. The quantitative estimate of drug-likeness (QED) is 0.875. The van der Waals surface area contributed by atoms with Crippen LogP contribution >= 0.6 is 0 Å². The number of hydrogen-bond acceptors (Lipinski definition) is 3. The van der Waals surface area contributed by atoms with Gasteiger partial charge in [0.15, 0.2) is 0 Å². The minimum absolute atomic E-state index is 0.153. The van der Waals surface area contributed by atoms with E-state index in [1.165, 1.54) is 0 Å². The van der Waals surface area contributed by atoms with Crippen LogP contribution in [0.2, 0.25) is 0 Å². The molecule has 5 heteroatoms. The van der Waals surface area contributed by atoms with Crippen LogP contribution in [0.5, 0.6) is 0 Å². The molecular weight excluding hydrogens is 274 g/mol. The number of rotatable bonds is 5. The summed E-state index contributed by atoms with van der Waals surface area (Å²) in [6, 6.07) is 3.38. The molecule has 4 nitrogen and oxygen atoms in total. The molecule has 1 unspecified atom stereocenters. The van der Waals surface area contributed by atoms with Crippen LogP contribution in [0.25, 0.3) is 0 Å². The van der Waals surface area contributed by atoms with Crippen LogP contribution in [0.1, 0.15) is 37.0 Å². The van der Waals surface area contributed by atoms with E-state index in [1.807, 2.05) is 13.0 Å². The van der Waals surface area contributed by atoms with E-state index >= 15 is 0 Å². The highest BCUT2D eigenvalue weighted by atomic mass is 32.2. The number of aliphatic hydroxyl groups excluding tert-OH is 1. The van der Waals surface area contributed by atoms with Crippen molar-refractivity contribution < 1.29 is 13.5 Å². The number of nitrogens with one attached hydrogen (secondary N) is 1. The lowest BCUT2D eigenvalue weighted by Gasteiger charge is -2.13. The number of sulfonamides is 1. The summed E-state index contributed by atoms with van der Waals surface area (Å²) in [7, 11) is -3.51. The van der Waals surface area contributed by atoms with Crippen LogP contribution in [-0.2, 0) is 16.6 Å². The second kappa shape index (κ2) is 5.13. The van der Waals surface area contributed by atoms with Crippen LogP contribution < -0.4 is 4.72 Å². The van der Waals surface area contributed by atoms with Gasteiger partial charge in [-0.05, 0) is 54.4 Å². The van der Waals surface area contributed by atoms with Gasteiger partial charge in [0.1, 0.15) is 0 Å². The summed E-state index contributed by atoms with van der Waals surface area (Å²) in [5, 5.41) is 9.22. The van der Waals surface area contributed by atoms with Crippen molar-refractivity contribution in [2.24, 2.45) is 11.3 Å². The zero-order chi connectivity index (χ0) is 15.1. The maximum atomic E-state index is 12.4. The molecule has 1 atom stereocenters. The number of aliphatic hydroxyl groups is 1. The van der Waals surface area contributed by atoms with Crippen molar-refractivity contribution in [1.82, 2.24) is 4.72 Å². The zero-order valence-electron chi connectivity index (χ0n) is 12.5. The largest absolute Gasteiger partial charge is 0.392 e. The Morgan fingerprint density at radius 2 is 1.95 bits per heavy atom. The van der Waals surface area contributed by atoms with Crippen molar-refractivity contribution in [3.8, 4) is 0 Å². The summed E-state index contributed by atoms with van der Waals surface area (Å²) >= 11 is 0. The van der Waals surface area contributed by atoms with E-state index in [9.17, 15) is 13.5 Å². The molecule has 20 heavy (non-hydrogen) atoms. The lowest BCUT2D eigenvalue weighted by atomic mass is 10.1. The fourth-order valence-electron chi connectivity index (χ4n) is 2.48. The van der Waals surface area contributed by atoms with E-state index in [0.29, 0.717) is 18.0 Å². The summed E-state index contributed by atoms with van der Waals surface area (Å²) in [6.45, 7) is 8.28. The Balaban J connectivity index is 2.23. The van der Waals surface area contributed by atoms with Gasteiger partial charge in [0, 0.05) is 6.54 Å². The average molecular weight is 297 g/mol. The summed E-state index contributed by atoms with van der Waals surface area (Å²) in [5.74, 6) is 0.416. The summed E-state index contributed by atoms with van der Waals surface area (Å²) in [6.07, 6.45) is 1.06. The van der Waals surface area contributed by atoms with E-state index in [2.05, 4.69) is 18.6 Å². The molecule has 1 saturated carbocycles. The first-order valence-corrected chi connectivity index (χ1v) is 8.36. The van der Waals surface area contributed by atoms with Crippen molar-refractivity contribution in [3.63, 3.8) is 0 Å². The standard InChI is InChI=1S/C15H23NO3S/c1-10-5-12(9-17)6-14(11(10)2)20(18,19)16-8-13-7-15(13,3)4/h5-6,13,16-17H,7-9H2,1-4H3. The molecule has 0 aromatic heterocycles. The summed E-state index contributed by atoms with van der Waals surface area (Å²) < 4.78 is 27.6. The van der Waals surface area contributed by atoms with Crippen molar-refractivity contribution in [1.29, 1.82) is 0 Å². The van der Waals surface area contributed by atoms with Crippen molar-refractivity contribution >= 4 is 10.0 Å². The molecule has 1 aromatic rings. The Labute approximate surface area is 121 Å². The highest BCUT2D eigenvalue weighted by Crippen LogP contribution is 2.51. The van der Waals surface area contributed by atoms with Crippen LogP contribution in [0, 0.1) is 25.2 Å². The second-order valence-electron chi connectivity index (χ2n) is 6.44. The molecule has 1 fully saturated rings. The van der Waals surface area contributed by atoms with Gasteiger partial charge in [-0.15, -0.1) is 0 Å². The Morgan fingerprint density at radius 3 is 2.45 bits per heavy atom. The normalized spacial score (nSPS) is 20.9. The molecule has 112 valence electrons. The third kappa shape index (κ3) is 3.05. The summed E-state index contributed by atoms with van der Waals surface area (Å²) in [4.78, 5) is 0.278. The fourth-order valence-corrected chi connectivity index (χ4v) is 3.93. The van der Waals surface area contributed by atoms with Gasteiger partial charge in [-0.3, -0.25) is 0 Å². The number of benzene rings is 1. The molecule has 0 radical (unpaired) electrons. The van der Waals surface area contributed by atoms with Crippen molar-refractivity contribution in [3.05, 3.63) is 28.8 Å². The van der Waals surface area contributed by atoms with Gasteiger partial charge in [0.2, 0.25) is 10.0 Å². The van der Waals surface area contributed by atoms with Gasteiger partial charge in [-0.25, -0.2) is 13.1 Å². The predicted molar refractivity (Wildman–Crippen MR) is 78.9 cm³/mol. The molecular formula is C15H23NO3S. The molecule has 2 rings (SSSR count). The van der Waals surface area contributed by atoms with Crippen LogP contribution in [0.15, 0.2) is 17.0 Å². The first-order chi connectivity index (χ1) is 9.17. The topological polar surface area (TPSA) is 66.4 Å². The SMILES string of the molecule is Cc1cc(CO)cc(S(=O)(=O)NCC2CC2(C)C)c1C. The maximum absolute atomic E-state index is 12.4. The number of hydrogen-bond donors (Lipinski definition) is 2. The van der Waals surface area contributed by atoms with Crippen molar-refractivity contribution in [2.75, 3.05) is 6.54 Å². The monoisotopic (exact) mass is 297 g/mol. The van der Waals surface area contributed by atoms with Gasteiger partial charge < -0.3 is 5.11 Å². The van der Waals surface area contributed by atoms with Gasteiger partial charge >= 0.3 is 0 Å². The van der Waals surface area contributed by atoms with Gasteiger partial charge in [0.25, 0.3) is 0 Å². The lowest BCUT2D eigenvalue weighted by Crippen LogP contribution is -2.27. The second-order valence-corrected chi connectivity index (χ2v) is 8.17. The molecule has 1 aromatic carbocycles. The van der Waals surface area contributed by atoms with Crippen LogP contribution in [0.4, 0.5) is 0 Å². The van der Waals surface area contributed by atoms with Gasteiger partial charge in [0.05, 0.1) is 11.5 Å². The zero-order valence-corrected chi connectivity index (χ0v) is 13.3. The van der Waals surface area contributed by atoms with E-state index in [-0.39, 0.29) is 16.9 Å². The highest BCUT2D eigenvalue weighted by molar-refractivity contribution is 7.89. The van der Waals surface area contributed by atoms with Crippen LogP contribution in [0.3, 0.4) is 0 Å². The minimum Gasteiger partial charge on any atom is -0.392 e. The van der Waals surface area contributed by atoms with Gasteiger partial charge in [-0.2, -0.15) is 0 Å². The van der Waals surface area contributed by atoms with E-state index in [0.717, 1.165) is 17.5 Å². The molecule has 0 amide bonds. The molecule has 0 aliphatic heterocycles. The number of aryl methyl sites for hydroxylation is 1. The summed E-state index contributed by atoms with van der Waals surface area (Å²) in [5.41, 5.74) is 2.49. The Kier molecular flexibility index (Phi) is 3.97. The third-order valence-corrected chi connectivity index (χ3v) is 5.94. The van der Waals surface area contributed by atoms with E-state index < -0.39 is 10.0 Å². The highest BCUT2D eigenvalue weighted by Gasteiger charge is 2.45. The lowest BCUT2D eigenvalue weighted by molar-refractivity contribution is 0.281. The molecule has 2 N–H and O–H groups in total. The molecule has 1 aliphatic carbocycles. The van der Waals surface area contributed by atoms with Gasteiger partial charge in [-0.1, -0.05) is 19.9 Å². The smallest absolute Gasteiger partial charge is 0.240 e. The minimum atomic E-state index is -3.51. The molecule has 0 saturated heterocycles. The van der Waals surface area contributed by atoms with Crippen molar-refractivity contribution in [2.45, 2.75) is 45.6 Å². The maximum Gasteiger partial charge on any atom is 0.240 e. The molecule has 0 spiro atoms. The molecule has 1 aliphatic rings.